The van der Waals surface area contributed by atoms with Crippen LogP contribution >= 0.6 is 11.3 Å². The van der Waals surface area contributed by atoms with Crippen molar-refractivity contribution in [3.05, 3.63) is 15.8 Å². The molecule has 1 heterocycles. The first-order valence-corrected chi connectivity index (χ1v) is 12.3. The Kier molecular flexibility index (Phi) is 7.34. The molecular weight excluding hydrogens is 432 g/mol. The number of anilines is 1. The van der Waals surface area contributed by atoms with Crippen molar-refractivity contribution in [2.75, 3.05) is 4.90 Å². The van der Waals surface area contributed by atoms with E-state index in [4.69, 9.17) is 0 Å². The minimum Gasteiger partial charge on any atom is -0.477 e. The summed E-state index contributed by atoms with van der Waals surface area (Å²) in [6.07, 6.45) is 3.17. The first-order chi connectivity index (χ1) is 14.9. The molecule has 0 radical (unpaired) electrons. The van der Waals surface area contributed by atoms with Crippen LogP contribution in [0.3, 0.4) is 0 Å². The third-order valence-electron chi connectivity index (χ3n) is 6.38. The van der Waals surface area contributed by atoms with E-state index in [1.165, 1.54) is 0 Å². The molecule has 0 aliphatic heterocycles. The number of carboxylic acids is 1. The summed E-state index contributed by atoms with van der Waals surface area (Å²) in [6.45, 7) is 8.07. The summed E-state index contributed by atoms with van der Waals surface area (Å²) in [5, 5.41) is 9.87. The van der Waals surface area contributed by atoms with Gasteiger partial charge in [0.15, 0.2) is 0 Å². The Morgan fingerprint density at radius 3 is 2.25 bits per heavy atom. The maximum absolute atomic E-state index is 13.9. The number of thiophene rings is 1. The summed E-state index contributed by atoms with van der Waals surface area (Å²) < 4.78 is 27.7. The molecule has 32 heavy (non-hydrogen) atoms. The van der Waals surface area contributed by atoms with E-state index in [-0.39, 0.29) is 47.8 Å². The van der Waals surface area contributed by atoms with Crippen LogP contribution in [-0.4, -0.2) is 28.9 Å². The van der Waals surface area contributed by atoms with Gasteiger partial charge in [0.25, 0.3) is 0 Å². The second-order valence-electron chi connectivity index (χ2n) is 10.4. The summed E-state index contributed by atoms with van der Waals surface area (Å²) in [7, 11) is 0. The maximum Gasteiger partial charge on any atom is 0.348 e. The zero-order valence-electron chi connectivity index (χ0n) is 19.3. The quantitative estimate of drug-likeness (QED) is 0.511. The van der Waals surface area contributed by atoms with Gasteiger partial charge >= 0.3 is 5.97 Å². The molecule has 4 nitrogen and oxygen atoms in total. The predicted molar refractivity (Wildman–Crippen MR) is 123 cm³/mol. The number of alkyl halides is 2. The maximum atomic E-state index is 13.9. The van der Waals surface area contributed by atoms with Crippen molar-refractivity contribution in [3.63, 3.8) is 0 Å². The lowest BCUT2D eigenvalue weighted by molar-refractivity contribution is -0.124. The van der Waals surface area contributed by atoms with Crippen LogP contribution in [0.5, 0.6) is 0 Å². The van der Waals surface area contributed by atoms with Gasteiger partial charge in [0, 0.05) is 30.2 Å². The third kappa shape index (κ3) is 6.10. The molecule has 0 spiro atoms. The molecule has 0 unspecified atom stereocenters. The van der Waals surface area contributed by atoms with Gasteiger partial charge in [-0.15, -0.1) is 11.3 Å². The zero-order chi connectivity index (χ0) is 23.7. The molecule has 2 aliphatic rings. The summed E-state index contributed by atoms with van der Waals surface area (Å²) >= 11 is 1.05. The smallest absolute Gasteiger partial charge is 0.348 e. The van der Waals surface area contributed by atoms with E-state index in [0.717, 1.165) is 37.0 Å². The van der Waals surface area contributed by atoms with Crippen molar-refractivity contribution < 1.29 is 23.5 Å². The molecule has 0 saturated heterocycles. The fourth-order valence-corrected chi connectivity index (χ4v) is 5.35. The van der Waals surface area contributed by atoms with E-state index in [0.29, 0.717) is 16.5 Å². The van der Waals surface area contributed by atoms with Crippen molar-refractivity contribution in [2.24, 2.45) is 17.3 Å². The predicted octanol–water partition coefficient (Wildman–Crippen LogP) is 6.58. The molecule has 1 amide bonds. The van der Waals surface area contributed by atoms with E-state index in [9.17, 15) is 23.5 Å². The van der Waals surface area contributed by atoms with Gasteiger partial charge in [0.05, 0.1) is 10.6 Å². The Hall–Kier alpha value is -1.94. The van der Waals surface area contributed by atoms with Gasteiger partial charge in [0.2, 0.25) is 11.8 Å². The van der Waals surface area contributed by atoms with Gasteiger partial charge in [-0.05, 0) is 71.3 Å². The lowest BCUT2D eigenvalue weighted by Crippen LogP contribution is -2.47. The Bertz CT molecular complexity index is 904. The number of carbonyl (C=O) groups excluding carboxylic acids is 1. The Balaban J connectivity index is 2.00. The highest BCUT2D eigenvalue weighted by Crippen LogP contribution is 2.41. The summed E-state index contributed by atoms with van der Waals surface area (Å²) in [5.74, 6) is 2.56. The van der Waals surface area contributed by atoms with Crippen LogP contribution in [-0.2, 0) is 4.79 Å². The van der Waals surface area contributed by atoms with Crippen molar-refractivity contribution in [2.45, 2.75) is 91.0 Å². The summed E-state index contributed by atoms with van der Waals surface area (Å²) in [6, 6.07) is 1.25. The SMILES string of the molecule is CC1CCC(C(=O)N(c2cc(C#CC(C)(C)C)sc2C(=O)O)C2CCC(F)(F)CC2)CC1. The first-order valence-electron chi connectivity index (χ1n) is 11.5. The Labute approximate surface area is 193 Å². The highest BCUT2D eigenvalue weighted by molar-refractivity contribution is 7.15. The van der Waals surface area contributed by atoms with Crippen LogP contribution in [0.2, 0.25) is 0 Å². The van der Waals surface area contributed by atoms with Crippen LogP contribution in [0.4, 0.5) is 14.5 Å². The monoisotopic (exact) mass is 465 g/mol. The van der Waals surface area contributed by atoms with E-state index in [1.807, 2.05) is 20.8 Å². The zero-order valence-corrected chi connectivity index (χ0v) is 20.2. The fraction of sp³-hybridized carbons (Fsp3) is 0.680. The van der Waals surface area contributed by atoms with E-state index in [2.05, 4.69) is 18.8 Å². The van der Waals surface area contributed by atoms with Crippen molar-refractivity contribution in [1.29, 1.82) is 0 Å². The lowest BCUT2D eigenvalue weighted by Gasteiger charge is -2.39. The van der Waals surface area contributed by atoms with Crippen LogP contribution in [0.1, 0.15) is 93.6 Å². The van der Waals surface area contributed by atoms with Crippen LogP contribution in [0, 0.1) is 29.1 Å². The highest BCUT2D eigenvalue weighted by atomic mass is 32.1. The number of halogens is 2. The van der Waals surface area contributed by atoms with Gasteiger partial charge < -0.3 is 10.0 Å². The van der Waals surface area contributed by atoms with Crippen molar-refractivity contribution >= 4 is 28.9 Å². The van der Waals surface area contributed by atoms with E-state index >= 15 is 0 Å². The van der Waals surface area contributed by atoms with Crippen molar-refractivity contribution in [3.8, 4) is 11.8 Å². The molecule has 7 heteroatoms. The number of carboxylic acid groups (broad SMARTS) is 1. The number of nitrogens with zero attached hydrogens (tertiary/aromatic N) is 1. The Morgan fingerprint density at radius 1 is 1.12 bits per heavy atom. The average molecular weight is 466 g/mol. The standard InChI is InChI=1S/C25H33F2NO3S/c1-16-5-7-17(8-6-16)22(29)28(18-9-13-25(26,27)14-10-18)20-15-19(11-12-24(2,3)4)32-21(20)23(30)31/h15-18H,5-10,13-14H2,1-4H3,(H,30,31). The minimum atomic E-state index is -2.72. The number of carbonyl (C=O) groups is 2. The number of amides is 1. The van der Waals surface area contributed by atoms with Gasteiger partial charge in [-0.25, -0.2) is 13.6 Å². The summed E-state index contributed by atoms with van der Waals surface area (Å²) in [4.78, 5) is 27.9. The molecule has 176 valence electrons. The molecule has 2 aliphatic carbocycles. The number of hydrogen-bond acceptors (Lipinski definition) is 3. The van der Waals surface area contributed by atoms with Crippen LogP contribution in [0.25, 0.3) is 0 Å². The molecule has 2 fully saturated rings. The lowest BCUT2D eigenvalue weighted by atomic mass is 9.81. The number of aromatic carboxylic acids is 1. The first kappa shape index (κ1) is 24.7. The highest BCUT2D eigenvalue weighted by Gasteiger charge is 2.41. The molecule has 0 aromatic carbocycles. The van der Waals surface area contributed by atoms with Gasteiger partial charge in [-0.3, -0.25) is 4.79 Å². The topological polar surface area (TPSA) is 57.6 Å². The van der Waals surface area contributed by atoms with E-state index in [1.54, 1.807) is 11.0 Å². The molecule has 0 atom stereocenters. The van der Waals surface area contributed by atoms with Crippen LogP contribution < -0.4 is 4.90 Å². The van der Waals surface area contributed by atoms with Crippen LogP contribution in [0.15, 0.2) is 6.07 Å². The Morgan fingerprint density at radius 2 is 1.72 bits per heavy atom. The molecular formula is C25H33F2NO3S. The average Bonchev–Trinajstić information content (AvgIpc) is 3.12. The largest absolute Gasteiger partial charge is 0.477 e. The third-order valence-corrected chi connectivity index (χ3v) is 7.41. The molecule has 0 bridgehead atoms. The number of rotatable bonds is 4. The second-order valence-corrected chi connectivity index (χ2v) is 11.4. The van der Waals surface area contributed by atoms with Gasteiger partial charge in [0.1, 0.15) is 4.88 Å². The van der Waals surface area contributed by atoms with Crippen molar-refractivity contribution in [1.82, 2.24) is 0 Å². The molecule has 3 rings (SSSR count). The fourth-order valence-electron chi connectivity index (χ4n) is 4.51. The van der Waals surface area contributed by atoms with Gasteiger partial charge in [-0.1, -0.05) is 18.8 Å². The normalized spacial score (nSPS) is 23.8. The van der Waals surface area contributed by atoms with Gasteiger partial charge in [-0.2, -0.15) is 0 Å². The molecule has 1 aromatic rings. The number of hydrogen-bond donors (Lipinski definition) is 1. The molecule has 1 aromatic heterocycles. The van der Waals surface area contributed by atoms with E-state index < -0.39 is 17.9 Å². The minimum absolute atomic E-state index is 0.0538. The molecule has 1 N–H and O–H groups in total. The summed E-state index contributed by atoms with van der Waals surface area (Å²) in [5.41, 5.74) is 0.0658. The second kappa shape index (κ2) is 9.51. The molecule has 2 saturated carbocycles.